The fraction of sp³-hybridized carbons (Fsp3) is 0.722. The normalized spacial score (nSPS) is 19.3. The Bertz CT molecular complexity index is 623. The highest BCUT2D eigenvalue weighted by molar-refractivity contribution is 5.78. The molecule has 2 amide bonds. The molecule has 2 aliphatic carbocycles. The Morgan fingerprint density at radius 2 is 2.16 bits per heavy atom. The number of aromatic nitrogens is 1. The number of hydrogen-bond donors (Lipinski definition) is 2. The molecule has 3 rings (SSSR count). The summed E-state index contributed by atoms with van der Waals surface area (Å²) in [5.41, 5.74) is 0.752. The van der Waals surface area contributed by atoms with Crippen LogP contribution < -0.4 is 10.6 Å². The van der Waals surface area contributed by atoms with Crippen LogP contribution in [0.3, 0.4) is 0 Å². The summed E-state index contributed by atoms with van der Waals surface area (Å²) < 4.78 is 17.7. The van der Waals surface area contributed by atoms with E-state index in [1.165, 1.54) is 0 Å². The molecular formula is C18H26FN3O3. The van der Waals surface area contributed by atoms with Gasteiger partial charge in [-0.15, -0.1) is 0 Å². The average Bonchev–Trinajstić information content (AvgIpc) is 3.53. The van der Waals surface area contributed by atoms with Crippen LogP contribution >= 0.6 is 0 Å². The second-order valence-electron chi connectivity index (χ2n) is 7.54. The highest BCUT2D eigenvalue weighted by atomic mass is 19.1. The molecule has 138 valence electrons. The number of halogens is 1. The van der Waals surface area contributed by atoms with Gasteiger partial charge < -0.3 is 15.2 Å². The first-order valence-corrected chi connectivity index (χ1v) is 9.07. The molecule has 1 aromatic rings. The summed E-state index contributed by atoms with van der Waals surface area (Å²) in [6.45, 7) is 2.05. The molecule has 25 heavy (non-hydrogen) atoms. The zero-order chi connectivity index (χ0) is 17.9. The van der Waals surface area contributed by atoms with E-state index in [4.69, 9.17) is 4.52 Å². The molecule has 0 aromatic carbocycles. The number of carbonyl (C=O) groups is 2. The Kier molecular flexibility index (Phi) is 5.39. The number of nitrogens with one attached hydrogen (secondary N) is 2. The van der Waals surface area contributed by atoms with Crippen molar-refractivity contribution in [3.8, 4) is 0 Å². The van der Waals surface area contributed by atoms with Crippen LogP contribution in [0.5, 0.6) is 0 Å². The summed E-state index contributed by atoms with van der Waals surface area (Å²) in [4.78, 5) is 23.7. The number of nitrogens with zero attached hydrogens (tertiary/aromatic N) is 1. The molecule has 0 bridgehead atoms. The van der Waals surface area contributed by atoms with E-state index in [0.29, 0.717) is 24.7 Å². The maximum absolute atomic E-state index is 12.4. The third-order valence-electron chi connectivity index (χ3n) is 5.15. The topological polar surface area (TPSA) is 84.2 Å². The van der Waals surface area contributed by atoms with Crippen LogP contribution in [0.15, 0.2) is 10.6 Å². The van der Waals surface area contributed by atoms with Crippen molar-refractivity contribution in [2.45, 2.75) is 51.4 Å². The first-order chi connectivity index (χ1) is 12.0. The molecule has 2 N–H and O–H groups in total. The summed E-state index contributed by atoms with van der Waals surface area (Å²) in [7, 11) is 0. The Balaban J connectivity index is 1.35. The molecule has 1 aromatic heterocycles. The van der Waals surface area contributed by atoms with E-state index in [1.807, 2.05) is 6.07 Å². The maximum Gasteiger partial charge on any atom is 0.226 e. The van der Waals surface area contributed by atoms with E-state index in [2.05, 4.69) is 15.8 Å². The van der Waals surface area contributed by atoms with Crippen LogP contribution in [0.1, 0.15) is 56.4 Å². The third kappa shape index (κ3) is 5.03. The van der Waals surface area contributed by atoms with Crippen molar-refractivity contribution in [2.75, 3.05) is 19.8 Å². The Labute approximate surface area is 146 Å². The number of hydrogen-bond acceptors (Lipinski definition) is 4. The largest absolute Gasteiger partial charge is 0.361 e. The lowest BCUT2D eigenvalue weighted by Gasteiger charge is -2.17. The molecule has 2 saturated carbocycles. The lowest BCUT2D eigenvalue weighted by atomic mass is 10.0. The van der Waals surface area contributed by atoms with Crippen LogP contribution in [0.4, 0.5) is 4.39 Å². The van der Waals surface area contributed by atoms with Gasteiger partial charge in [0.1, 0.15) is 12.4 Å². The number of amides is 2. The van der Waals surface area contributed by atoms with E-state index in [9.17, 15) is 14.0 Å². The van der Waals surface area contributed by atoms with Gasteiger partial charge in [-0.1, -0.05) is 12.1 Å². The lowest BCUT2D eigenvalue weighted by molar-refractivity contribution is -0.125. The Hall–Kier alpha value is -1.92. The predicted molar refractivity (Wildman–Crippen MR) is 89.6 cm³/mol. The molecule has 2 fully saturated rings. The van der Waals surface area contributed by atoms with Gasteiger partial charge >= 0.3 is 0 Å². The summed E-state index contributed by atoms with van der Waals surface area (Å²) in [6, 6.07) is 1.88. The Morgan fingerprint density at radius 1 is 1.40 bits per heavy atom. The zero-order valence-electron chi connectivity index (χ0n) is 14.6. The second kappa shape index (κ2) is 7.54. The minimum Gasteiger partial charge on any atom is -0.361 e. The van der Waals surface area contributed by atoms with Crippen LogP contribution in [-0.4, -0.2) is 36.7 Å². The molecule has 1 atom stereocenters. The van der Waals surface area contributed by atoms with Gasteiger partial charge in [0, 0.05) is 25.1 Å². The molecule has 0 saturated heterocycles. The standard InChI is InChI=1S/C18H26FN3O3/c1-12(10-19)17(24)20-7-6-18(4-5-18)11-21-16(23)9-14-8-15(25-22-14)13-2-3-13/h8,12-13H,2-7,9-11H2,1H3,(H,20,24)(H,21,23). The second-order valence-corrected chi connectivity index (χ2v) is 7.54. The number of alkyl halides is 1. The average molecular weight is 351 g/mol. The van der Waals surface area contributed by atoms with E-state index >= 15 is 0 Å². The van der Waals surface area contributed by atoms with Gasteiger partial charge in [0.25, 0.3) is 0 Å². The molecule has 2 aliphatic rings. The number of carbonyl (C=O) groups excluding carboxylic acids is 2. The Morgan fingerprint density at radius 3 is 2.80 bits per heavy atom. The fourth-order valence-electron chi connectivity index (χ4n) is 2.87. The van der Waals surface area contributed by atoms with Crippen molar-refractivity contribution in [1.82, 2.24) is 15.8 Å². The van der Waals surface area contributed by atoms with Crippen molar-refractivity contribution in [3.05, 3.63) is 17.5 Å². The SMILES string of the molecule is CC(CF)C(=O)NCCC1(CNC(=O)Cc2cc(C3CC3)on2)CC1. The molecule has 6 nitrogen and oxygen atoms in total. The highest BCUT2D eigenvalue weighted by Crippen LogP contribution is 2.47. The van der Waals surface area contributed by atoms with Gasteiger partial charge in [-0.3, -0.25) is 14.0 Å². The first kappa shape index (κ1) is 17.9. The van der Waals surface area contributed by atoms with E-state index in [0.717, 1.165) is 37.9 Å². The van der Waals surface area contributed by atoms with Crippen LogP contribution in [0, 0.1) is 11.3 Å². The first-order valence-electron chi connectivity index (χ1n) is 9.07. The van der Waals surface area contributed by atoms with Gasteiger partial charge in [0.05, 0.1) is 18.0 Å². The molecule has 0 spiro atoms. The fourth-order valence-corrected chi connectivity index (χ4v) is 2.87. The van der Waals surface area contributed by atoms with Crippen molar-refractivity contribution >= 4 is 11.8 Å². The summed E-state index contributed by atoms with van der Waals surface area (Å²) in [5, 5.41) is 9.69. The lowest BCUT2D eigenvalue weighted by Crippen LogP contribution is -2.35. The molecule has 1 unspecified atom stereocenters. The van der Waals surface area contributed by atoms with Crippen molar-refractivity contribution < 1.29 is 18.5 Å². The summed E-state index contributed by atoms with van der Waals surface area (Å²) in [5.74, 6) is 0.476. The smallest absolute Gasteiger partial charge is 0.226 e. The van der Waals surface area contributed by atoms with Gasteiger partial charge in [-0.05, 0) is 37.5 Å². The minimum absolute atomic E-state index is 0.0583. The third-order valence-corrected chi connectivity index (χ3v) is 5.15. The molecule has 0 aliphatic heterocycles. The van der Waals surface area contributed by atoms with Crippen molar-refractivity contribution in [1.29, 1.82) is 0 Å². The molecular weight excluding hydrogens is 325 g/mol. The van der Waals surface area contributed by atoms with E-state index in [1.54, 1.807) is 6.92 Å². The van der Waals surface area contributed by atoms with Gasteiger partial charge in [0.2, 0.25) is 11.8 Å². The van der Waals surface area contributed by atoms with Crippen molar-refractivity contribution in [3.63, 3.8) is 0 Å². The van der Waals surface area contributed by atoms with E-state index in [-0.39, 0.29) is 23.7 Å². The summed E-state index contributed by atoms with van der Waals surface area (Å²) >= 11 is 0. The number of rotatable bonds is 10. The molecule has 1 heterocycles. The minimum atomic E-state index is -0.641. The van der Waals surface area contributed by atoms with Crippen LogP contribution in [-0.2, 0) is 16.0 Å². The maximum atomic E-state index is 12.4. The van der Waals surface area contributed by atoms with E-state index < -0.39 is 12.6 Å². The van der Waals surface area contributed by atoms with Gasteiger partial charge in [-0.25, -0.2) is 0 Å². The molecule has 7 heteroatoms. The highest BCUT2D eigenvalue weighted by Gasteiger charge is 2.42. The quantitative estimate of drug-likeness (QED) is 0.676. The predicted octanol–water partition coefficient (Wildman–Crippen LogP) is 2.10. The van der Waals surface area contributed by atoms with Gasteiger partial charge in [0.15, 0.2) is 0 Å². The van der Waals surface area contributed by atoms with Crippen LogP contribution in [0.2, 0.25) is 0 Å². The monoisotopic (exact) mass is 351 g/mol. The summed E-state index contributed by atoms with van der Waals surface area (Å²) in [6.07, 6.45) is 5.40. The zero-order valence-corrected chi connectivity index (χ0v) is 14.6. The van der Waals surface area contributed by atoms with Gasteiger partial charge in [-0.2, -0.15) is 0 Å². The molecule has 0 radical (unpaired) electrons. The van der Waals surface area contributed by atoms with Crippen molar-refractivity contribution in [2.24, 2.45) is 11.3 Å². The van der Waals surface area contributed by atoms with Crippen LogP contribution in [0.25, 0.3) is 0 Å².